The quantitative estimate of drug-likeness (QED) is 0.687. The maximum atomic E-state index is 5.78. The number of nitrogens with zero attached hydrogens (tertiary/aromatic N) is 2. The predicted molar refractivity (Wildman–Crippen MR) is 81.1 cm³/mol. The number of nitrogens with one attached hydrogen (secondary N) is 1. The van der Waals surface area contributed by atoms with Gasteiger partial charge in [0, 0.05) is 32.4 Å². The van der Waals surface area contributed by atoms with Crippen LogP contribution in [0.15, 0.2) is 31.0 Å². The minimum atomic E-state index is 0. The van der Waals surface area contributed by atoms with Crippen molar-refractivity contribution in [1.29, 1.82) is 0 Å². The van der Waals surface area contributed by atoms with Gasteiger partial charge in [-0.2, -0.15) is 0 Å². The molecule has 2 heterocycles. The number of aromatic nitrogens is 1. The van der Waals surface area contributed by atoms with Crippen molar-refractivity contribution in [2.45, 2.75) is 6.04 Å². The average molecular weight is 311 g/mol. The van der Waals surface area contributed by atoms with Gasteiger partial charge in [-0.1, -0.05) is 23.7 Å². The van der Waals surface area contributed by atoms with Crippen LogP contribution in [-0.4, -0.2) is 36.1 Å². The summed E-state index contributed by atoms with van der Waals surface area (Å²) in [5, 5.41) is 3.88. The fraction of sp³-hybridized carbons (Fsp3) is 0.417. The Morgan fingerprint density at radius 3 is 2.50 bits per heavy atom. The summed E-state index contributed by atoms with van der Waals surface area (Å²) in [6.45, 7) is 8.06. The Labute approximate surface area is 125 Å². The van der Waals surface area contributed by atoms with E-state index >= 15 is 0 Å². The Morgan fingerprint density at radius 2 is 2.00 bits per heavy atom. The zero-order valence-corrected chi connectivity index (χ0v) is 12.4. The van der Waals surface area contributed by atoms with Gasteiger partial charge < -0.3 is 5.32 Å². The summed E-state index contributed by atoms with van der Waals surface area (Å²) in [5.41, 5.74) is 1.15. The molecule has 6 heteroatoms. The lowest BCUT2D eigenvalue weighted by molar-refractivity contribution is 0.203. The van der Waals surface area contributed by atoms with Crippen LogP contribution in [0.2, 0.25) is 5.15 Å². The van der Waals surface area contributed by atoms with Gasteiger partial charge in [0.05, 0.1) is 6.04 Å². The highest BCUT2D eigenvalue weighted by Gasteiger charge is 2.19. The van der Waals surface area contributed by atoms with Crippen molar-refractivity contribution >= 4 is 36.4 Å². The largest absolute Gasteiger partial charge is 0.314 e. The van der Waals surface area contributed by atoms with E-state index in [1.807, 2.05) is 24.4 Å². The fourth-order valence-electron chi connectivity index (χ4n) is 2.02. The molecule has 0 saturated carbocycles. The lowest BCUT2D eigenvalue weighted by Crippen LogP contribution is -2.44. The number of halogens is 3. The SMILES string of the molecule is C=C[C@@H](c1ccc(Cl)nc1)N1CCNCC1.Cl.Cl. The van der Waals surface area contributed by atoms with Crippen molar-refractivity contribution in [3.8, 4) is 0 Å². The molecule has 1 N–H and O–H groups in total. The van der Waals surface area contributed by atoms with Crippen molar-refractivity contribution in [1.82, 2.24) is 15.2 Å². The van der Waals surface area contributed by atoms with Crippen LogP contribution in [0.4, 0.5) is 0 Å². The van der Waals surface area contributed by atoms with E-state index in [1.165, 1.54) is 0 Å². The summed E-state index contributed by atoms with van der Waals surface area (Å²) in [6, 6.07) is 4.09. The molecule has 2 rings (SSSR count). The summed E-state index contributed by atoms with van der Waals surface area (Å²) in [7, 11) is 0. The minimum absolute atomic E-state index is 0. The molecule has 1 atom stereocenters. The Balaban J connectivity index is 0.00000144. The highest BCUT2D eigenvalue weighted by atomic mass is 35.5. The van der Waals surface area contributed by atoms with E-state index in [0.29, 0.717) is 5.15 Å². The first-order valence-electron chi connectivity index (χ1n) is 5.50. The molecule has 0 unspecified atom stereocenters. The van der Waals surface area contributed by atoms with Crippen LogP contribution < -0.4 is 5.32 Å². The molecule has 1 fully saturated rings. The molecule has 0 aromatic carbocycles. The number of pyridine rings is 1. The molecule has 102 valence electrons. The van der Waals surface area contributed by atoms with Crippen LogP contribution in [0.5, 0.6) is 0 Å². The molecule has 3 nitrogen and oxygen atoms in total. The van der Waals surface area contributed by atoms with Gasteiger partial charge >= 0.3 is 0 Å². The molecule has 0 amide bonds. The van der Waals surface area contributed by atoms with Crippen molar-refractivity contribution in [3.05, 3.63) is 41.7 Å². The maximum absolute atomic E-state index is 5.78. The standard InChI is InChI=1S/C12H16ClN3.2ClH/c1-2-11(16-7-5-14-6-8-16)10-3-4-12(13)15-9-10;;/h2-4,9,11,14H,1,5-8H2;2*1H/t11-;;/m0../s1. The second-order valence-corrected chi connectivity index (χ2v) is 4.27. The molecule has 0 radical (unpaired) electrons. The average Bonchev–Trinajstić information content (AvgIpc) is 2.34. The molecule has 1 aromatic rings. The second kappa shape index (κ2) is 8.73. The summed E-state index contributed by atoms with van der Waals surface area (Å²) >= 11 is 5.78. The highest BCUT2D eigenvalue weighted by molar-refractivity contribution is 6.29. The number of hydrogen-bond donors (Lipinski definition) is 1. The van der Waals surface area contributed by atoms with Gasteiger partial charge in [0.1, 0.15) is 5.15 Å². The lowest BCUT2D eigenvalue weighted by Gasteiger charge is -2.33. The first-order chi connectivity index (χ1) is 7.81. The van der Waals surface area contributed by atoms with Crippen molar-refractivity contribution in [2.24, 2.45) is 0 Å². The van der Waals surface area contributed by atoms with E-state index in [1.54, 1.807) is 0 Å². The first-order valence-corrected chi connectivity index (χ1v) is 5.88. The summed E-state index contributed by atoms with van der Waals surface area (Å²) in [6.07, 6.45) is 3.80. The van der Waals surface area contributed by atoms with Crippen LogP contribution >= 0.6 is 36.4 Å². The van der Waals surface area contributed by atoms with Gasteiger partial charge in [0.25, 0.3) is 0 Å². The Hall–Kier alpha value is -0.320. The van der Waals surface area contributed by atoms with E-state index in [-0.39, 0.29) is 30.9 Å². The molecule has 1 aliphatic heterocycles. The predicted octanol–water partition coefficient (Wildman–Crippen LogP) is 2.71. The van der Waals surface area contributed by atoms with Crippen molar-refractivity contribution in [3.63, 3.8) is 0 Å². The Kier molecular flexibility index (Phi) is 8.57. The van der Waals surface area contributed by atoms with Gasteiger partial charge in [0.2, 0.25) is 0 Å². The van der Waals surface area contributed by atoms with Gasteiger partial charge in [-0.25, -0.2) is 4.98 Å². The molecule has 1 aliphatic rings. The lowest BCUT2D eigenvalue weighted by atomic mass is 10.1. The smallest absolute Gasteiger partial charge is 0.129 e. The van der Waals surface area contributed by atoms with Crippen LogP contribution in [0.3, 0.4) is 0 Å². The highest BCUT2D eigenvalue weighted by Crippen LogP contribution is 2.22. The Morgan fingerprint density at radius 1 is 1.33 bits per heavy atom. The van der Waals surface area contributed by atoms with Gasteiger partial charge in [-0.3, -0.25) is 4.90 Å². The zero-order chi connectivity index (χ0) is 11.4. The molecule has 1 aromatic heterocycles. The van der Waals surface area contributed by atoms with E-state index in [2.05, 4.69) is 21.8 Å². The normalized spacial score (nSPS) is 17.2. The van der Waals surface area contributed by atoms with Crippen molar-refractivity contribution in [2.75, 3.05) is 26.2 Å². The molecular weight excluding hydrogens is 293 g/mol. The third-order valence-electron chi connectivity index (χ3n) is 2.86. The summed E-state index contributed by atoms with van der Waals surface area (Å²) in [4.78, 5) is 6.52. The fourth-order valence-corrected chi connectivity index (χ4v) is 2.13. The number of hydrogen-bond acceptors (Lipinski definition) is 3. The zero-order valence-electron chi connectivity index (χ0n) is 10.0. The molecule has 0 spiro atoms. The van der Waals surface area contributed by atoms with Crippen LogP contribution in [0, 0.1) is 0 Å². The minimum Gasteiger partial charge on any atom is -0.314 e. The number of rotatable bonds is 3. The van der Waals surface area contributed by atoms with Crippen molar-refractivity contribution < 1.29 is 0 Å². The van der Waals surface area contributed by atoms with E-state index < -0.39 is 0 Å². The van der Waals surface area contributed by atoms with Gasteiger partial charge in [0.15, 0.2) is 0 Å². The molecule has 1 saturated heterocycles. The number of piperazine rings is 1. The molecular formula is C12H18Cl3N3. The maximum Gasteiger partial charge on any atom is 0.129 e. The molecule has 0 aliphatic carbocycles. The first kappa shape index (κ1) is 17.7. The molecule has 0 bridgehead atoms. The molecule has 18 heavy (non-hydrogen) atoms. The summed E-state index contributed by atoms with van der Waals surface area (Å²) in [5.74, 6) is 0. The monoisotopic (exact) mass is 309 g/mol. The third-order valence-corrected chi connectivity index (χ3v) is 3.08. The van der Waals surface area contributed by atoms with Gasteiger partial charge in [-0.05, 0) is 11.6 Å². The van der Waals surface area contributed by atoms with E-state index in [9.17, 15) is 0 Å². The summed E-state index contributed by atoms with van der Waals surface area (Å²) < 4.78 is 0. The van der Waals surface area contributed by atoms with E-state index in [4.69, 9.17) is 11.6 Å². The van der Waals surface area contributed by atoms with Gasteiger partial charge in [-0.15, -0.1) is 31.4 Å². The Bertz CT molecular complexity index is 350. The van der Waals surface area contributed by atoms with E-state index in [0.717, 1.165) is 31.7 Å². The third kappa shape index (κ3) is 4.41. The van der Waals surface area contributed by atoms with Crippen LogP contribution in [0.1, 0.15) is 11.6 Å². The van der Waals surface area contributed by atoms with Crippen LogP contribution in [0.25, 0.3) is 0 Å². The topological polar surface area (TPSA) is 28.2 Å². The second-order valence-electron chi connectivity index (χ2n) is 3.88. The van der Waals surface area contributed by atoms with Crippen LogP contribution in [-0.2, 0) is 0 Å².